The van der Waals surface area contributed by atoms with Crippen molar-refractivity contribution in [2.45, 2.75) is 40.2 Å². The molecule has 1 N–H and O–H groups in total. The van der Waals surface area contributed by atoms with Gasteiger partial charge in [-0.25, -0.2) is 4.98 Å². The molecule has 0 aliphatic heterocycles. The summed E-state index contributed by atoms with van der Waals surface area (Å²) in [4.78, 5) is 9.99. The van der Waals surface area contributed by atoms with Gasteiger partial charge < -0.3 is 9.84 Å². The van der Waals surface area contributed by atoms with Gasteiger partial charge in [0.05, 0.1) is 10.7 Å². The minimum Gasteiger partial charge on any atom is -0.339 e. The van der Waals surface area contributed by atoms with E-state index in [1.165, 1.54) is 4.88 Å². The first kappa shape index (κ1) is 13.2. The Morgan fingerprint density at radius 3 is 2.61 bits per heavy atom. The van der Waals surface area contributed by atoms with Crippen LogP contribution in [0.1, 0.15) is 40.3 Å². The molecule has 0 bridgehead atoms. The highest BCUT2D eigenvalue weighted by Crippen LogP contribution is 2.22. The average Bonchev–Trinajstić information content (AvgIpc) is 2.85. The molecule has 2 aromatic rings. The number of thiazole rings is 1. The van der Waals surface area contributed by atoms with Gasteiger partial charge in [-0.1, -0.05) is 5.16 Å². The highest BCUT2D eigenvalue weighted by Gasteiger charge is 2.12. The average molecular weight is 266 g/mol. The Balaban J connectivity index is 1.85. The van der Waals surface area contributed by atoms with Gasteiger partial charge in [-0.05, 0) is 27.7 Å². The van der Waals surface area contributed by atoms with Crippen molar-refractivity contribution in [1.82, 2.24) is 20.4 Å². The third-order valence-corrected chi connectivity index (χ3v) is 3.61. The first-order chi connectivity index (χ1) is 8.56. The van der Waals surface area contributed by atoms with Gasteiger partial charge >= 0.3 is 0 Å². The molecule has 0 radical (unpaired) electrons. The van der Waals surface area contributed by atoms with Crippen molar-refractivity contribution in [3.05, 3.63) is 27.3 Å². The van der Waals surface area contributed by atoms with Crippen molar-refractivity contribution >= 4 is 11.3 Å². The Labute approximate surface area is 111 Å². The normalized spacial score (nSPS) is 12.9. The summed E-state index contributed by atoms with van der Waals surface area (Å²) in [5.41, 5.74) is 1.14. The molecule has 0 aliphatic carbocycles. The van der Waals surface area contributed by atoms with Crippen LogP contribution in [0.4, 0.5) is 0 Å². The van der Waals surface area contributed by atoms with Crippen molar-refractivity contribution in [1.29, 1.82) is 0 Å². The van der Waals surface area contributed by atoms with Gasteiger partial charge in [0.15, 0.2) is 5.82 Å². The number of aromatic nitrogens is 3. The van der Waals surface area contributed by atoms with Crippen LogP contribution in [0.2, 0.25) is 0 Å². The molecule has 2 heterocycles. The van der Waals surface area contributed by atoms with E-state index in [-0.39, 0.29) is 6.04 Å². The standard InChI is InChI=1S/C12H18N4OS/c1-7(12-8(2)18-10(4)15-12)13-6-5-11-14-9(3)16-17-11/h7,13H,5-6H2,1-4H3. The van der Waals surface area contributed by atoms with Crippen LogP contribution < -0.4 is 5.32 Å². The molecule has 18 heavy (non-hydrogen) atoms. The Kier molecular flexibility index (Phi) is 4.08. The van der Waals surface area contributed by atoms with Gasteiger partial charge in [-0.2, -0.15) is 4.98 Å². The maximum Gasteiger partial charge on any atom is 0.227 e. The van der Waals surface area contributed by atoms with Crippen molar-refractivity contribution < 1.29 is 4.52 Å². The summed E-state index contributed by atoms with van der Waals surface area (Å²) in [6.45, 7) is 8.90. The smallest absolute Gasteiger partial charge is 0.227 e. The second-order valence-corrected chi connectivity index (χ2v) is 5.74. The second-order valence-electron chi connectivity index (χ2n) is 4.34. The van der Waals surface area contributed by atoms with Gasteiger partial charge in [-0.15, -0.1) is 11.3 Å². The lowest BCUT2D eigenvalue weighted by Gasteiger charge is -2.11. The summed E-state index contributed by atoms with van der Waals surface area (Å²) in [6, 6.07) is 0.249. The number of nitrogens with zero attached hydrogens (tertiary/aromatic N) is 3. The first-order valence-corrected chi connectivity index (χ1v) is 6.84. The van der Waals surface area contributed by atoms with Crippen LogP contribution in [0, 0.1) is 20.8 Å². The van der Waals surface area contributed by atoms with Crippen LogP contribution in [0.15, 0.2) is 4.52 Å². The third-order valence-electron chi connectivity index (χ3n) is 2.71. The van der Waals surface area contributed by atoms with Crippen LogP contribution in [0.5, 0.6) is 0 Å². The lowest BCUT2D eigenvalue weighted by molar-refractivity contribution is 0.370. The summed E-state index contributed by atoms with van der Waals surface area (Å²) in [7, 11) is 0. The summed E-state index contributed by atoms with van der Waals surface area (Å²) in [5, 5.41) is 8.31. The van der Waals surface area contributed by atoms with Crippen molar-refractivity contribution in [3.63, 3.8) is 0 Å². The molecule has 0 fully saturated rings. The number of hydrogen-bond donors (Lipinski definition) is 1. The molecule has 98 valence electrons. The van der Waals surface area contributed by atoms with E-state index in [4.69, 9.17) is 4.52 Å². The fraction of sp³-hybridized carbons (Fsp3) is 0.583. The summed E-state index contributed by atoms with van der Waals surface area (Å²) in [6.07, 6.45) is 0.743. The van der Waals surface area contributed by atoms with Crippen molar-refractivity contribution in [3.8, 4) is 0 Å². The molecule has 6 heteroatoms. The zero-order valence-corrected chi connectivity index (χ0v) is 12.0. The number of hydrogen-bond acceptors (Lipinski definition) is 6. The van der Waals surface area contributed by atoms with E-state index in [9.17, 15) is 0 Å². The Hall–Kier alpha value is -1.27. The molecular formula is C12H18N4OS. The van der Waals surface area contributed by atoms with Gasteiger partial charge in [0, 0.05) is 23.9 Å². The monoisotopic (exact) mass is 266 g/mol. The van der Waals surface area contributed by atoms with E-state index in [0.717, 1.165) is 23.7 Å². The van der Waals surface area contributed by atoms with Crippen LogP contribution in [0.25, 0.3) is 0 Å². The number of aryl methyl sites for hydroxylation is 3. The van der Waals surface area contributed by atoms with E-state index < -0.39 is 0 Å². The Morgan fingerprint density at radius 2 is 2.06 bits per heavy atom. The van der Waals surface area contributed by atoms with Crippen molar-refractivity contribution in [2.24, 2.45) is 0 Å². The second kappa shape index (κ2) is 5.58. The van der Waals surface area contributed by atoms with Crippen LogP contribution in [-0.4, -0.2) is 21.7 Å². The molecule has 0 saturated heterocycles. The third kappa shape index (κ3) is 3.14. The van der Waals surface area contributed by atoms with Crippen LogP contribution in [0.3, 0.4) is 0 Å². The molecule has 2 aromatic heterocycles. The molecular weight excluding hydrogens is 248 g/mol. The quantitative estimate of drug-likeness (QED) is 0.900. The first-order valence-electron chi connectivity index (χ1n) is 6.02. The number of nitrogens with one attached hydrogen (secondary N) is 1. The zero-order chi connectivity index (χ0) is 13.1. The molecule has 5 nitrogen and oxygen atoms in total. The van der Waals surface area contributed by atoms with E-state index in [1.807, 2.05) is 13.8 Å². The summed E-state index contributed by atoms with van der Waals surface area (Å²) >= 11 is 1.74. The molecule has 0 saturated carbocycles. The maximum absolute atomic E-state index is 5.06. The van der Waals surface area contributed by atoms with E-state index >= 15 is 0 Å². The largest absolute Gasteiger partial charge is 0.339 e. The van der Waals surface area contributed by atoms with Crippen molar-refractivity contribution in [2.75, 3.05) is 6.54 Å². The summed E-state index contributed by atoms with van der Waals surface area (Å²) in [5.74, 6) is 1.36. The lowest BCUT2D eigenvalue weighted by atomic mass is 10.2. The SMILES string of the molecule is Cc1noc(CCNC(C)c2nc(C)sc2C)n1. The van der Waals surface area contributed by atoms with Gasteiger partial charge in [0.2, 0.25) is 5.89 Å². The predicted octanol–water partition coefficient (Wildman–Crippen LogP) is 2.34. The lowest BCUT2D eigenvalue weighted by Crippen LogP contribution is -2.22. The molecule has 0 amide bonds. The van der Waals surface area contributed by atoms with Gasteiger partial charge in [-0.3, -0.25) is 0 Å². The van der Waals surface area contributed by atoms with Gasteiger partial charge in [0.25, 0.3) is 0 Å². The highest BCUT2D eigenvalue weighted by molar-refractivity contribution is 7.11. The predicted molar refractivity (Wildman–Crippen MR) is 70.7 cm³/mol. The fourth-order valence-corrected chi connectivity index (χ4v) is 2.79. The van der Waals surface area contributed by atoms with E-state index in [1.54, 1.807) is 11.3 Å². The van der Waals surface area contributed by atoms with Crippen LogP contribution >= 0.6 is 11.3 Å². The minimum absolute atomic E-state index is 0.249. The van der Waals surface area contributed by atoms with E-state index in [0.29, 0.717) is 11.7 Å². The Morgan fingerprint density at radius 1 is 1.28 bits per heavy atom. The van der Waals surface area contributed by atoms with Gasteiger partial charge in [0.1, 0.15) is 0 Å². The molecule has 0 aromatic carbocycles. The molecule has 1 unspecified atom stereocenters. The zero-order valence-electron chi connectivity index (χ0n) is 11.1. The topological polar surface area (TPSA) is 63.8 Å². The fourth-order valence-electron chi connectivity index (χ4n) is 1.88. The Bertz CT molecular complexity index is 520. The minimum atomic E-state index is 0.249. The molecule has 1 atom stereocenters. The summed E-state index contributed by atoms with van der Waals surface area (Å²) < 4.78 is 5.06. The highest BCUT2D eigenvalue weighted by atomic mass is 32.1. The number of rotatable bonds is 5. The molecule has 0 aliphatic rings. The maximum atomic E-state index is 5.06. The molecule has 2 rings (SSSR count). The van der Waals surface area contributed by atoms with Crippen LogP contribution in [-0.2, 0) is 6.42 Å². The molecule has 0 spiro atoms. The van der Waals surface area contributed by atoms with E-state index in [2.05, 4.69) is 34.3 Å².